The van der Waals surface area contributed by atoms with E-state index in [1.165, 1.54) is 10.4 Å². The minimum absolute atomic E-state index is 0.0916. The lowest BCUT2D eigenvalue weighted by Crippen LogP contribution is -2.44. The summed E-state index contributed by atoms with van der Waals surface area (Å²) in [6.45, 7) is 9.72. The van der Waals surface area contributed by atoms with Crippen molar-refractivity contribution in [2.45, 2.75) is 52.2 Å². The molecule has 0 saturated heterocycles. The van der Waals surface area contributed by atoms with Crippen LogP contribution in [0.25, 0.3) is 0 Å². The zero-order valence-corrected chi connectivity index (χ0v) is 12.5. The van der Waals surface area contributed by atoms with Gasteiger partial charge in [0, 0.05) is 12.0 Å². The van der Waals surface area contributed by atoms with Gasteiger partial charge in [-0.1, -0.05) is 20.8 Å². The molecular weight excluding hydrogens is 230 g/mol. The zero-order valence-electron chi connectivity index (χ0n) is 11.7. The summed E-state index contributed by atoms with van der Waals surface area (Å²) in [4.78, 5) is 1.41. The maximum atomic E-state index is 5.87. The Morgan fingerprint density at radius 2 is 2.00 bits per heavy atom. The summed E-state index contributed by atoms with van der Waals surface area (Å²) in [5.41, 5.74) is 1.27. The second-order valence-corrected chi connectivity index (χ2v) is 5.38. The molecule has 3 heteroatoms. The van der Waals surface area contributed by atoms with Gasteiger partial charge in [0.25, 0.3) is 0 Å². The number of methoxy groups -OCH3 is 1. The Bertz CT molecular complexity index is 322. The molecule has 1 rings (SSSR count). The molecule has 0 aromatic carbocycles. The first-order valence-corrected chi connectivity index (χ1v) is 7.35. The molecule has 1 N–H and O–H groups in total. The molecule has 0 aliphatic rings. The highest BCUT2D eigenvalue weighted by Gasteiger charge is 2.37. The zero-order chi connectivity index (χ0) is 12.9. The van der Waals surface area contributed by atoms with Crippen LogP contribution >= 0.6 is 11.3 Å². The standard InChI is InChI=1S/C14H25NOS/c1-6-14(7-2,16-5)13(15-8-3)12-11(4)9-10-17-12/h9-10,13,15H,6-8H2,1-5H3. The maximum Gasteiger partial charge on any atom is 0.0875 e. The van der Waals surface area contributed by atoms with Crippen molar-refractivity contribution >= 4 is 11.3 Å². The molecule has 0 amide bonds. The van der Waals surface area contributed by atoms with Gasteiger partial charge in [0.05, 0.1) is 11.6 Å². The van der Waals surface area contributed by atoms with E-state index in [0.29, 0.717) is 6.04 Å². The van der Waals surface area contributed by atoms with Crippen molar-refractivity contribution in [3.05, 3.63) is 21.9 Å². The van der Waals surface area contributed by atoms with Gasteiger partial charge in [0.1, 0.15) is 0 Å². The summed E-state index contributed by atoms with van der Waals surface area (Å²) >= 11 is 1.83. The Balaban J connectivity index is 3.11. The van der Waals surface area contributed by atoms with Crippen LogP contribution in [0.15, 0.2) is 11.4 Å². The molecule has 2 nitrogen and oxygen atoms in total. The van der Waals surface area contributed by atoms with Gasteiger partial charge >= 0.3 is 0 Å². The number of nitrogens with one attached hydrogen (secondary N) is 1. The monoisotopic (exact) mass is 255 g/mol. The second kappa shape index (κ2) is 6.53. The van der Waals surface area contributed by atoms with Crippen molar-refractivity contribution in [1.82, 2.24) is 5.32 Å². The van der Waals surface area contributed by atoms with Gasteiger partial charge in [-0.3, -0.25) is 0 Å². The summed E-state index contributed by atoms with van der Waals surface area (Å²) < 4.78 is 5.87. The van der Waals surface area contributed by atoms with Crippen LogP contribution in [0, 0.1) is 6.92 Å². The molecule has 17 heavy (non-hydrogen) atoms. The molecule has 98 valence electrons. The third kappa shape index (κ3) is 2.90. The van der Waals surface area contributed by atoms with Crippen LogP contribution in [0.1, 0.15) is 50.1 Å². The number of aryl methyl sites for hydroxylation is 1. The van der Waals surface area contributed by atoms with Gasteiger partial charge < -0.3 is 10.1 Å². The van der Waals surface area contributed by atoms with E-state index in [1.54, 1.807) is 0 Å². The molecule has 0 radical (unpaired) electrons. The third-order valence-corrected chi connectivity index (χ3v) is 4.79. The van der Waals surface area contributed by atoms with Crippen LogP contribution in [-0.4, -0.2) is 19.3 Å². The highest BCUT2D eigenvalue weighted by Crippen LogP contribution is 2.38. The molecule has 1 heterocycles. The van der Waals surface area contributed by atoms with Crippen LogP contribution in [0.4, 0.5) is 0 Å². The number of thiophene rings is 1. The van der Waals surface area contributed by atoms with E-state index in [1.807, 2.05) is 18.4 Å². The third-order valence-electron chi connectivity index (χ3n) is 3.70. The van der Waals surface area contributed by atoms with Crippen molar-refractivity contribution in [3.8, 4) is 0 Å². The largest absolute Gasteiger partial charge is 0.376 e. The predicted molar refractivity (Wildman–Crippen MR) is 75.8 cm³/mol. The smallest absolute Gasteiger partial charge is 0.0875 e. The van der Waals surface area contributed by atoms with Crippen molar-refractivity contribution in [3.63, 3.8) is 0 Å². The Morgan fingerprint density at radius 3 is 2.35 bits per heavy atom. The van der Waals surface area contributed by atoms with E-state index in [0.717, 1.165) is 19.4 Å². The van der Waals surface area contributed by atoms with Crippen molar-refractivity contribution < 1.29 is 4.74 Å². The fraction of sp³-hybridized carbons (Fsp3) is 0.714. The number of hydrogen-bond donors (Lipinski definition) is 1. The van der Waals surface area contributed by atoms with Gasteiger partial charge in [-0.25, -0.2) is 0 Å². The maximum absolute atomic E-state index is 5.87. The van der Waals surface area contributed by atoms with Gasteiger partial charge in [-0.15, -0.1) is 11.3 Å². The average molecular weight is 255 g/mol. The molecule has 0 aliphatic heterocycles. The second-order valence-electron chi connectivity index (χ2n) is 4.43. The molecule has 0 saturated carbocycles. The summed E-state index contributed by atoms with van der Waals surface area (Å²) in [5, 5.41) is 5.77. The average Bonchev–Trinajstić information content (AvgIpc) is 2.77. The first-order valence-electron chi connectivity index (χ1n) is 6.47. The predicted octanol–water partition coefficient (Wildman–Crippen LogP) is 3.91. The Hall–Kier alpha value is -0.380. The Kier molecular flexibility index (Phi) is 5.63. The molecule has 0 aliphatic carbocycles. The highest BCUT2D eigenvalue weighted by atomic mass is 32.1. The first kappa shape index (κ1) is 14.7. The summed E-state index contributed by atoms with van der Waals surface area (Å²) in [6, 6.07) is 2.49. The number of ether oxygens (including phenoxy) is 1. The SMILES string of the molecule is CCNC(c1sccc1C)C(CC)(CC)OC. The molecule has 0 fully saturated rings. The fourth-order valence-electron chi connectivity index (χ4n) is 2.47. The van der Waals surface area contributed by atoms with Crippen LogP contribution in [0.2, 0.25) is 0 Å². The van der Waals surface area contributed by atoms with E-state index in [-0.39, 0.29) is 5.60 Å². The van der Waals surface area contributed by atoms with Crippen LogP contribution in [0.3, 0.4) is 0 Å². The minimum Gasteiger partial charge on any atom is -0.376 e. The van der Waals surface area contributed by atoms with Gasteiger partial charge in [-0.2, -0.15) is 0 Å². The van der Waals surface area contributed by atoms with Gasteiger partial charge in [0.2, 0.25) is 0 Å². The van der Waals surface area contributed by atoms with Crippen LogP contribution in [-0.2, 0) is 4.74 Å². The lowest BCUT2D eigenvalue weighted by molar-refractivity contribution is -0.0474. The molecule has 1 unspecified atom stereocenters. The molecule has 1 atom stereocenters. The van der Waals surface area contributed by atoms with E-state index in [9.17, 15) is 0 Å². The number of likely N-dealkylation sites (N-methyl/N-ethyl adjacent to an activating group) is 1. The van der Waals surface area contributed by atoms with E-state index >= 15 is 0 Å². The van der Waals surface area contributed by atoms with Crippen molar-refractivity contribution in [2.24, 2.45) is 0 Å². The molecule has 0 spiro atoms. The van der Waals surface area contributed by atoms with Gasteiger partial charge in [-0.05, 0) is 43.3 Å². The Labute approximate surface area is 109 Å². The summed E-state index contributed by atoms with van der Waals surface area (Å²) in [6.07, 6.45) is 2.05. The van der Waals surface area contributed by atoms with E-state index in [4.69, 9.17) is 4.74 Å². The fourth-order valence-corrected chi connectivity index (χ4v) is 3.57. The topological polar surface area (TPSA) is 21.3 Å². The normalized spacial score (nSPS) is 13.9. The minimum atomic E-state index is -0.0916. The first-order chi connectivity index (χ1) is 8.15. The molecular formula is C14H25NOS. The quantitative estimate of drug-likeness (QED) is 0.797. The lowest BCUT2D eigenvalue weighted by Gasteiger charge is -2.39. The molecule has 0 bridgehead atoms. The van der Waals surface area contributed by atoms with Crippen molar-refractivity contribution in [1.29, 1.82) is 0 Å². The van der Waals surface area contributed by atoms with Crippen molar-refractivity contribution in [2.75, 3.05) is 13.7 Å². The summed E-state index contributed by atoms with van der Waals surface area (Å²) in [7, 11) is 1.83. The highest BCUT2D eigenvalue weighted by molar-refractivity contribution is 7.10. The number of rotatable bonds is 7. The summed E-state index contributed by atoms with van der Waals surface area (Å²) in [5.74, 6) is 0. The Morgan fingerprint density at radius 1 is 1.35 bits per heavy atom. The van der Waals surface area contributed by atoms with E-state index < -0.39 is 0 Å². The van der Waals surface area contributed by atoms with Crippen LogP contribution < -0.4 is 5.32 Å². The molecule has 1 aromatic rings. The van der Waals surface area contributed by atoms with Crippen LogP contribution in [0.5, 0.6) is 0 Å². The van der Waals surface area contributed by atoms with Gasteiger partial charge in [0.15, 0.2) is 0 Å². The number of hydrogen-bond acceptors (Lipinski definition) is 3. The lowest BCUT2D eigenvalue weighted by atomic mass is 9.86. The van der Waals surface area contributed by atoms with E-state index in [2.05, 4.69) is 44.5 Å². The molecule has 1 aromatic heterocycles.